The molecule has 1 aliphatic rings. The minimum atomic E-state index is -0.874. The van der Waals surface area contributed by atoms with Crippen LogP contribution in [0, 0.1) is 0 Å². The topological polar surface area (TPSA) is 70.7 Å². The zero-order chi connectivity index (χ0) is 13.4. The Balaban J connectivity index is 2.02. The van der Waals surface area contributed by atoms with Gasteiger partial charge in [-0.2, -0.15) is 0 Å². The quantitative estimate of drug-likeness (QED) is 0.843. The Labute approximate surface area is 116 Å². The van der Waals surface area contributed by atoms with Gasteiger partial charge in [0.25, 0.3) is 0 Å². The lowest BCUT2D eigenvalue weighted by Crippen LogP contribution is -2.43. The number of thiophene rings is 1. The van der Waals surface area contributed by atoms with E-state index in [0.717, 1.165) is 24.2 Å². The van der Waals surface area contributed by atoms with E-state index in [0.29, 0.717) is 22.1 Å². The molecular formula is C11H10ClNO5S. The Bertz CT molecular complexity index is 712. The van der Waals surface area contributed by atoms with Gasteiger partial charge in [0.15, 0.2) is 5.58 Å². The number of fused-ring (bicyclic) bond motifs is 1. The van der Waals surface area contributed by atoms with E-state index in [9.17, 15) is 9.59 Å². The summed E-state index contributed by atoms with van der Waals surface area (Å²) >= 11 is 6.84. The van der Waals surface area contributed by atoms with Gasteiger partial charge >= 0.3 is 11.3 Å². The van der Waals surface area contributed by atoms with Gasteiger partial charge in [-0.25, -0.2) is 4.79 Å². The van der Waals surface area contributed by atoms with Crippen molar-refractivity contribution >= 4 is 33.2 Å². The van der Waals surface area contributed by atoms with Crippen molar-refractivity contribution in [3.8, 4) is 0 Å². The lowest BCUT2D eigenvalue weighted by atomic mass is 10.2. The highest BCUT2D eigenvalue weighted by molar-refractivity contribution is 7.22. The Morgan fingerprint density at radius 2 is 2.26 bits per heavy atom. The summed E-state index contributed by atoms with van der Waals surface area (Å²) in [4.78, 5) is 29.1. The predicted octanol–water partition coefficient (Wildman–Crippen LogP) is 1.62. The molecule has 0 saturated carbocycles. The summed E-state index contributed by atoms with van der Waals surface area (Å²) in [6, 6.07) is 1.44. The molecule has 2 aromatic rings. The molecule has 102 valence electrons. The van der Waals surface area contributed by atoms with Crippen LogP contribution in [0.4, 0.5) is 0 Å². The van der Waals surface area contributed by atoms with Gasteiger partial charge in [0.05, 0.1) is 10.9 Å². The smallest absolute Gasteiger partial charge is 0.406 e. The van der Waals surface area contributed by atoms with Gasteiger partial charge in [-0.15, -0.1) is 11.3 Å². The highest BCUT2D eigenvalue weighted by atomic mass is 35.5. The average Bonchev–Trinajstić information content (AvgIpc) is 2.76. The van der Waals surface area contributed by atoms with Gasteiger partial charge in [0.1, 0.15) is 4.70 Å². The molecule has 6 nitrogen and oxygen atoms in total. The molecule has 0 bridgehead atoms. The van der Waals surface area contributed by atoms with E-state index in [-0.39, 0.29) is 10.3 Å². The number of hydrogen-bond donors (Lipinski definition) is 0. The third-order valence-corrected chi connectivity index (χ3v) is 4.00. The molecule has 0 aromatic carbocycles. The molecule has 0 N–H and O–H groups in total. The van der Waals surface area contributed by atoms with Crippen molar-refractivity contribution in [2.75, 3.05) is 6.61 Å². The van der Waals surface area contributed by atoms with E-state index < -0.39 is 17.6 Å². The summed E-state index contributed by atoms with van der Waals surface area (Å²) in [5, 5.41) is 0. The molecule has 1 atom stereocenters. The van der Waals surface area contributed by atoms with Crippen molar-refractivity contribution in [1.29, 1.82) is 0 Å². The van der Waals surface area contributed by atoms with Crippen molar-refractivity contribution in [2.24, 2.45) is 0 Å². The fourth-order valence-electron chi connectivity index (χ4n) is 1.88. The maximum absolute atomic E-state index is 12.1. The van der Waals surface area contributed by atoms with Crippen LogP contribution in [-0.4, -0.2) is 17.6 Å². The Morgan fingerprint density at radius 3 is 3.00 bits per heavy atom. The summed E-state index contributed by atoms with van der Waals surface area (Å²) in [5.41, 5.74) is -0.397. The summed E-state index contributed by atoms with van der Waals surface area (Å²) in [6.45, 7) is 0.553. The van der Waals surface area contributed by atoms with Gasteiger partial charge in [0.2, 0.25) is 6.29 Å². The molecular weight excluding hydrogens is 294 g/mol. The van der Waals surface area contributed by atoms with E-state index in [1.54, 1.807) is 0 Å². The van der Waals surface area contributed by atoms with Crippen LogP contribution in [0.5, 0.6) is 0 Å². The first-order chi connectivity index (χ1) is 9.15. The molecule has 3 heterocycles. The molecule has 1 aliphatic heterocycles. The van der Waals surface area contributed by atoms with E-state index in [2.05, 4.69) is 0 Å². The van der Waals surface area contributed by atoms with E-state index in [1.807, 2.05) is 0 Å². The monoisotopic (exact) mass is 303 g/mol. The number of ether oxygens (including phenoxy) is 1. The maximum atomic E-state index is 12.1. The number of hydrogen-bond acceptors (Lipinski definition) is 6. The second kappa shape index (κ2) is 4.99. The van der Waals surface area contributed by atoms with Crippen LogP contribution in [-0.2, 0) is 4.74 Å². The molecule has 1 fully saturated rings. The highest BCUT2D eigenvalue weighted by Gasteiger charge is 2.20. The molecule has 8 heteroatoms. The van der Waals surface area contributed by atoms with Crippen molar-refractivity contribution in [2.45, 2.75) is 25.6 Å². The largest absolute Gasteiger partial charge is 0.456 e. The van der Waals surface area contributed by atoms with Gasteiger partial charge in [-0.1, -0.05) is 16.3 Å². The lowest BCUT2D eigenvalue weighted by Gasteiger charge is -2.22. The van der Waals surface area contributed by atoms with Crippen LogP contribution in [0.2, 0.25) is 4.34 Å². The lowest BCUT2D eigenvalue weighted by molar-refractivity contribution is -0.171. The van der Waals surface area contributed by atoms with E-state index >= 15 is 0 Å². The first kappa shape index (κ1) is 12.7. The zero-order valence-electron chi connectivity index (χ0n) is 9.76. The van der Waals surface area contributed by atoms with Gasteiger partial charge < -0.3 is 14.0 Å². The molecule has 1 unspecified atom stereocenters. The highest BCUT2D eigenvalue weighted by Crippen LogP contribution is 2.25. The zero-order valence-corrected chi connectivity index (χ0v) is 11.3. The number of halogens is 1. The summed E-state index contributed by atoms with van der Waals surface area (Å²) in [5.74, 6) is -0.874. The van der Waals surface area contributed by atoms with Crippen LogP contribution in [0.25, 0.3) is 10.3 Å². The summed E-state index contributed by atoms with van der Waals surface area (Å²) < 4.78 is 11.5. The summed E-state index contributed by atoms with van der Waals surface area (Å²) in [6.07, 6.45) is 1.91. The van der Waals surface area contributed by atoms with Crippen molar-refractivity contribution in [3.05, 3.63) is 31.3 Å². The summed E-state index contributed by atoms with van der Waals surface area (Å²) in [7, 11) is 0. The molecule has 2 aromatic heterocycles. The molecule has 19 heavy (non-hydrogen) atoms. The van der Waals surface area contributed by atoms with E-state index in [4.69, 9.17) is 25.6 Å². The fraction of sp³-hybridized carbons (Fsp3) is 0.455. The van der Waals surface area contributed by atoms with Crippen LogP contribution in [0.3, 0.4) is 0 Å². The second-order valence-corrected chi connectivity index (χ2v) is 5.80. The number of nitrogens with zero attached hydrogens (tertiary/aromatic N) is 1. The van der Waals surface area contributed by atoms with Crippen LogP contribution >= 0.6 is 22.9 Å². The SMILES string of the molecule is O=c1oc2cc(Cl)sc2c(=O)n1OC1CCCCO1. The fourth-order valence-corrected chi connectivity index (χ4v) is 2.95. The van der Waals surface area contributed by atoms with Crippen LogP contribution in [0.1, 0.15) is 19.3 Å². The Morgan fingerprint density at radius 1 is 1.42 bits per heavy atom. The molecule has 0 spiro atoms. The van der Waals surface area contributed by atoms with Crippen molar-refractivity contribution in [1.82, 2.24) is 4.73 Å². The van der Waals surface area contributed by atoms with Gasteiger partial charge in [-0.3, -0.25) is 4.79 Å². The molecule has 1 saturated heterocycles. The predicted molar refractivity (Wildman–Crippen MR) is 69.8 cm³/mol. The maximum Gasteiger partial charge on any atom is 0.456 e. The second-order valence-electron chi connectivity index (χ2n) is 4.11. The third-order valence-electron chi connectivity index (χ3n) is 2.77. The Hall–Kier alpha value is -1.31. The van der Waals surface area contributed by atoms with Gasteiger partial charge in [0, 0.05) is 12.5 Å². The van der Waals surface area contributed by atoms with Crippen molar-refractivity contribution < 1.29 is 14.0 Å². The standard InChI is InChI=1S/C11H10ClNO5S/c12-7-5-6-9(19-7)10(14)13(11(15)17-6)18-8-3-1-2-4-16-8/h5,8H,1-4H2. The first-order valence-corrected chi connectivity index (χ1v) is 6.98. The Kier molecular flexibility index (Phi) is 3.34. The van der Waals surface area contributed by atoms with Crippen molar-refractivity contribution in [3.63, 3.8) is 0 Å². The first-order valence-electron chi connectivity index (χ1n) is 5.79. The average molecular weight is 304 g/mol. The van der Waals surface area contributed by atoms with E-state index in [1.165, 1.54) is 6.07 Å². The molecule has 3 rings (SSSR count). The normalized spacial score (nSPS) is 19.7. The molecule has 0 amide bonds. The third kappa shape index (κ3) is 2.41. The number of aromatic nitrogens is 1. The minimum Gasteiger partial charge on any atom is -0.406 e. The minimum absolute atomic E-state index is 0.175. The number of rotatable bonds is 2. The van der Waals surface area contributed by atoms with Crippen LogP contribution in [0.15, 0.2) is 20.1 Å². The van der Waals surface area contributed by atoms with Crippen LogP contribution < -0.4 is 16.2 Å². The van der Waals surface area contributed by atoms with Gasteiger partial charge in [-0.05, 0) is 12.8 Å². The molecule has 0 radical (unpaired) electrons. The molecule has 0 aliphatic carbocycles.